The molecule has 0 amide bonds. The second kappa shape index (κ2) is 2.96. The Morgan fingerprint density at radius 3 is 2.70 bits per heavy atom. The molecule has 3 nitrogen and oxygen atoms in total. The number of hydrogen-bond acceptors (Lipinski definition) is 2. The van der Waals surface area contributed by atoms with Crippen LogP contribution in [0.25, 0.3) is 0 Å². The van der Waals surface area contributed by atoms with E-state index in [2.05, 4.69) is 12.6 Å². The van der Waals surface area contributed by atoms with Gasteiger partial charge in [0.1, 0.15) is 0 Å². The van der Waals surface area contributed by atoms with Crippen molar-refractivity contribution >= 4 is 12.6 Å². The molecule has 0 spiro atoms. The zero-order valence-electron chi connectivity index (χ0n) is 5.82. The van der Waals surface area contributed by atoms with E-state index in [4.69, 9.17) is 0 Å². The van der Waals surface area contributed by atoms with Crippen LogP contribution in [0, 0.1) is 0 Å². The number of thiol groups is 1. The Bertz CT molecular complexity index is 263. The van der Waals surface area contributed by atoms with Gasteiger partial charge in [0.25, 0.3) is 0 Å². The zero-order valence-corrected chi connectivity index (χ0v) is 6.71. The summed E-state index contributed by atoms with van der Waals surface area (Å²) in [5.74, 6) is 0.698. The van der Waals surface area contributed by atoms with E-state index in [1.54, 1.807) is 28.6 Å². The van der Waals surface area contributed by atoms with E-state index in [1.165, 1.54) is 0 Å². The first-order valence-electron chi connectivity index (χ1n) is 3.08. The number of hydrogen-bond donors (Lipinski definition) is 1. The van der Waals surface area contributed by atoms with Gasteiger partial charge in [0.2, 0.25) is 0 Å². The number of nitrogens with zero attached hydrogens (tertiary/aromatic N) is 2. The molecule has 56 valence electrons. The molecule has 0 aliphatic heterocycles. The molecule has 1 aromatic heterocycles. The highest BCUT2D eigenvalue weighted by atomic mass is 32.1. The summed E-state index contributed by atoms with van der Waals surface area (Å²) >= 11 is 4.02. The number of imidazole rings is 1. The fraction of sp³-hybridized carbons (Fsp3) is 0.500. The third-order valence-electron chi connectivity index (χ3n) is 1.36. The Balaban J connectivity index is 2.95. The van der Waals surface area contributed by atoms with Gasteiger partial charge in [-0.2, -0.15) is 12.6 Å². The molecule has 0 fully saturated rings. The Labute approximate surface area is 64.7 Å². The first-order chi connectivity index (χ1) is 4.75. The van der Waals surface area contributed by atoms with Crippen molar-refractivity contribution in [2.45, 2.75) is 6.54 Å². The monoisotopic (exact) mass is 158 g/mol. The molecule has 10 heavy (non-hydrogen) atoms. The van der Waals surface area contributed by atoms with Gasteiger partial charge in [-0.05, 0) is 0 Å². The van der Waals surface area contributed by atoms with Crippen LogP contribution < -0.4 is 5.69 Å². The van der Waals surface area contributed by atoms with E-state index >= 15 is 0 Å². The summed E-state index contributed by atoms with van der Waals surface area (Å²) in [7, 11) is 1.73. The molecule has 0 saturated heterocycles. The summed E-state index contributed by atoms with van der Waals surface area (Å²) < 4.78 is 3.18. The summed E-state index contributed by atoms with van der Waals surface area (Å²) in [6, 6.07) is 0. The van der Waals surface area contributed by atoms with E-state index in [9.17, 15) is 4.79 Å². The highest BCUT2D eigenvalue weighted by Gasteiger charge is 1.95. The summed E-state index contributed by atoms with van der Waals surface area (Å²) in [6.07, 6.45) is 3.50. The smallest absolute Gasteiger partial charge is 0.302 e. The van der Waals surface area contributed by atoms with Gasteiger partial charge in [-0.15, -0.1) is 0 Å². The van der Waals surface area contributed by atoms with Gasteiger partial charge in [-0.25, -0.2) is 4.79 Å². The van der Waals surface area contributed by atoms with Crippen LogP contribution in [-0.4, -0.2) is 14.9 Å². The van der Waals surface area contributed by atoms with Crippen LogP contribution in [-0.2, 0) is 13.6 Å². The molecule has 1 aromatic rings. The largest absolute Gasteiger partial charge is 0.327 e. The molecule has 1 heterocycles. The lowest BCUT2D eigenvalue weighted by Gasteiger charge is -1.93. The van der Waals surface area contributed by atoms with Crippen LogP contribution >= 0.6 is 12.6 Å². The highest BCUT2D eigenvalue weighted by molar-refractivity contribution is 7.80. The second-order valence-electron chi connectivity index (χ2n) is 2.11. The third kappa shape index (κ3) is 1.26. The average Bonchev–Trinajstić information content (AvgIpc) is 2.20. The average molecular weight is 158 g/mol. The van der Waals surface area contributed by atoms with Gasteiger partial charge >= 0.3 is 5.69 Å². The first kappa shape index (κ1) is 7.47. The van der Waals surface area contributed by atoms with Gasteiger partial charge in [-0.1, -0.05) is 0 Å². The second-order valence-corrected chi connectivity index (χ2v) is 2.56. The van der Waals surface area contributed by atoms with Crippen molar-refractivity contribution in [2.24, 2.45) is 7.05 Å². The van der Waals surface area contributed by atoms with E-state index < -0.39 is 0 Å². The molecule has 0 radical (unpaired) electrons. The van der Waals surface area contributed by atoms with Crippen LogP contribution in [0.2, 0.25) is 0 Å². The molecular weight excluding hydrogens is 148 g/mol. The summed E-state index contributed by atoms with van der Waals surface area (Å²) in [5, 5.41) is 0. The van der Waals surface area contributed by atoms with Crippen molar-refractivity contribution in [1.82, 2.24) is 9.13 Å². The van der Waals surface area contributed by atoms with Crippen molar-refractivity contribution in [1.29, 1.82) is 0 Å². The summed E-state index contributed by atoms with van der Waals surface area (Å²) in [5.41, 5.74) is 0.0223. The highest BCUT2D eigenvalue weighted by Crippen LogP contribution is 1.83. The van der Waals surface area contributed by atoms with Gasteiger partial charge in [0.15, 0.2) is 0 Å². The molecular formula is C6H10N2OS. The van der Waals surface area contributed by atoms with Gasteiger partial charge in [0, 0.05) is 31.7 Å². The maximum atomic E-state index is 11.1. The molecule has 0 bridgehead atoms. The molecule has 4 heteroatoms. The summed E-state index contributed by atoms with van der Waals surface area (Å²) in [4.78, 5) is 11.1. The zero-order chi connectivity index (χ0) is 7.56. The minimum absolute atomic E-state index is 0.0223. The molecule has 0 atom stereocenters. The molecule has 0 aromatic carbocycles. The van der Waals surface area contributed by atoms with Gasteiger partial charge < -0.3 is 4.57 Å². The van der Waals surface area contributed by atoms with E-state index in [-0.39, 0.29) is 5.69 Å². The molecule has 0 N–H and O–H groups in total. The maximum Gasteiger partial charge on any atom is 0.327 e. The quantitative estimate of drug-likeness (QED) is 0.608. The van der Waals surface area contributed by atoms with Crippen molar-refractivity contribution in [3.05, 3.63) is 22.9 Å². The lowest BCUT2D eigenvalue weighted by atomic mass is 10.7. The minimum atomic E-state index is 0.0223. The molecule has 0 saturated carbocycles. The lowest BCUT2D eigenvalue weighted by Crippen LogP contribution is -2.22. The Morgan fingerprint density at radius 2 is 2.30 bits per heavy atom. The van der Waals surface area contributed by atoms with Crippen LogP contribution in [0.4, 0.5) is 0 Å². The maximum absolute atomic E-state index is 11.1. The fourth-order valence-corrected chi connectivity index (χ4v) is 1.00. The number of rotatable bonds is 2. The fourth-order valence-electron chi connectivity index (χ4n) is 0.789. The van der Waals surface area contributed by atoms with Crippen molar-refractivity contribution in [3.63, 3.8) is 0 Å². The third-order valence-corrected chi connectivity index (χ3v) is 1.56. The molecule has 1 rings (SSSR count). The Morgan fingerprint density at radius 1 is 1.60 bits per heavy atom. The normalized spacial score (nSPS) is 10.2. The van der Waals surface area contributed by atoms with Gasteiger partial charge in [0.05, 0.1) is 0 Å². The van der Waals surface area contributed by atoms with E-state index in [0.717, 1.165) is 0 Å². The van der Waals surface area contributed by atoms with Crippen molar-refractivity contribution < 1.29 is 0 Å². The first-order valence-corrected chi connectivity index (χ1v) is 3.71. The molecule has 0 aliphatic rings. The minimum Gasteiger partial charge on any atom is -0.302 e. The van der Waals surface area contributed by atoms with E-state index in [0.29, 0.717) is 12.3 Å². The topological polar surface area (TPSA) is 26.9 Å². The Hall–Kier alpha value is -0.640. The van der Waals surface area contributed by atoms with Crippen molar-refractivity contribution in [3.8, 4) is 0 Å². The van der Waals surface area contributed by atoms with E-state index in [1.807, 2.05) is 0 Å². The van der Waals surface area contributed by atoms with Crippen LogP contribution in [0.5, 0.6) is 0 Å². The van der Waals surface area contributed by atoms with Crippen LogP contribution in [0.3, 0.4) is 0 Å². The predicted molar refractivity (Wildman–Crippen MR) is 43.5 cm³/mol. The van der Waals surface area contributed by atoms with Crippen LogP contribution in [0.1, 0.15) is 0 Å². The molecule has 0 unspecified atom stereocenters. The van der Waals surface area contributed by atoms with Gasteiger partial charge in [-0.3, -0.25) is 4.57 Å². The van der Waals surface area contributed by atoms with Crippen LogP contribution in [0.15, 0.2) is 17.2 Å². The standard InChI is InChI=1S/C6H10N2OS/c1-7-2-3-8(4-5-10)6(7)9/h2-3,10H,4-5H2,1H3. The molecule has 0 aliphatic carbocycles. The predicted octanol–water partition coefficient (Wildman–Crippen LogP) is 0.117. The number of aryl methyl sites for hydroxylation is 2. The number of aromatic nitrogens is 2. The SMILES string of the molecule is Cn1ccn(CCS)c1=O. The van der Waals surface area contributed by atoms with Crippen molar-refractivity contribution in [2.75, 3.05) is 5.75 Å². The summed E-state index contributed by atoms with van der Waals surface area (Å²) in [6.45, 7) is 0.683. The Kier molecular flexibility index (Phi) is 2.21. The lowest BCUT2D eigenvalue weighted by molar-refractivity contribution is 0.701.